The maximum atomic E-state index is 13.3. The summed E-state index contributed by atoms with van der Waals surface area (Å²) in [6.45, 7) is 2.36. The quantitative estimate of drug-likeness (QED) is 0.782. The molecule has 0 spiro atoms. The fourth-order valence-corrected chi connectivity index (χ4v) is 2.91. The second-order valence-electron chi connectivity index (χ2n) is 4.62. The lowest BCUT2D eigenvalue weighted by Gasteiger charge is -2.09. The summed E-state index contributed by atoms with van der Waals surface area (Å²) in [6, 6.07) is 6.81. The third kappa shape index (κ3) is 4.51. The van der Waals surface area contributed by atoms with Gasteiger partial charge in [-0.25, -0.2) is 4.39 Å². The number of carbonyl (C=O) groups excluding carboxylic acids is 1. The van der Waals surface area contributed by atoms with Gasteiger partial charge in [-0.05, 0) is 24.6 Å². The zero-order valence-electron chi connectivity index (χ0n) is 10.8. The summed E-state index contributed by atoms with van der Waals surface area (Å²) in [4.78, 5) is 11.7. The van der Waals surface area contributed by atoms with Crippen molar-refractivity contribution in [1.29, 1.82) is 0 Å². The topological polar surface area (TPSA) is 41.1 Å². The lowest BCUT2D eigenvalue weighted by molar-refractivity contribution is -0.124. The number of hydrogen-bond acceptors (Lipinski definition) is 3. The Balaban J connectivity index is 1.59. The Bertz CT molecular complexity index is 422. The summed E-state index contributed by atoms with van der Waals surface area (Å²) >= 11 is 1.63. The Morgan fingerprint density at radius 2 is 2.32 bits per heavy atom. The van der Waals surface area contributed by atoms with Crippen LogP contribution in [0.4, 0.5) is 4.39 Å². The summed E-state index contributed by atoms with van der Waals surface area (Å²) in [5.41, 5.74) is 0.721. The number of hydrogen-bond donors (Lipinski definition) is 2. The monoisotopic (exact) mass is 282 g/mol. The van der Waals surface area contributed by atoms with Gasteiger partial charge in [-0.3, -0.25) is 4.79 Å². The van der Waals surface area contributed by atoms with Crippen LogP contribution in [0.3, 0.4) is 0 Å². The first kappa shape index (κ1) is 14.3. The maximum absolute atomic E-state index is 13.3. The first-order valence-electron chi connectivity index (χ1n) is 6.57. The summed E-state index contributed by atoms with van der Waals surface area (Å²) < 4.78 is 13.3. The third-order valence-corrected chi connectivity index (χ3v) is 4.20. The van der Waals surface area contributed by atoms with Crippen LogP contribution in [0.1, 0.15) is 12.0 Å². The molecule has 0 aromatic heterocycles. The van der Waals surface area contributed by atoms with Crippen LogP contribution in [0.2, 0.25) is 0 Å². The van der Waals surface area contributed by atoms with Crippen molar-refractivity contribution in [2.75, 3.05) is 25.4 Å². The van der Waals surface area contributed by atoms with Gasteiger partial charge in [-0.1, -0.05) is 18.2 Å². The maximum Gasteiger partial charge on any atom is 0.224 e. The summed E-state index contributed by atoms with van der Waals surface area (Å²) in [5.74, 6) is 1.55. The van der Waals surface area contributed by atoms with Crippen molar-refractivity contribution in [3.05, 3.63) is 35.6 Å². The number of carbonyl (C=O) groups is 1. The molecule has 0 saturated carbocycles. The standard InChI is InChI=1S/C14H19FN2OS/c15-13-4-2-1-3-12(13)10-19-8-7-17-14(18)11-5-6-16-9-11/h1-4,11,16H,5-10H2,(H,17,18). The molecule has 0 aliphatic carbocycles. The average molecular weight is 282 g/mol. The normalized spacial score (nSPS) is 18.5. The Labute approximate surface area is 117 Å². The van der Waals surface area contributed by atoms with Crippen LogP contribution >= 0.6 is 11.8 Å². The minimum atomic E-state index is -0.156. The SMILES string of the molecule is O=C(NCCSCc1ccccc1F)C1CCNC1. The fraction of sp³-hybridized carbons (Fsp3) is 0.500. The molecule has 1 aromatic carbocycles. The van der Waals surface area contributed by atoms with Crippen LogP contribution in [0, 0.1) is 11.7 Å². The predicted molar refractivity (Wildman–Crippen MR) is 76.5 cm³/mol. The van der Waals surface area contributed by atoms with Gasteiger partial charge in [0.1, 0.15) is 5.82 Å². The molecule has 5 heteroatoms. The molecule has 1 fully saturated rings. The van der Waals surface area contributed by atoms with E-state index in [0.29, 0.717) is 12.3 Å². The summed E-state index contributed by atoms with van der Waals surface area (Å²) in [7, 11) is 0. The van der Waals surface area contributed by atoms with Crippen molar-refractivity contribution in [2.45, 2.75) is 12.2 Å². The zero-order valence-corrected chi connectivity index (χ0v) is 11.6. The molecule has 1 amide bonds. The Kier molecular flexibility index (Phi) is 5.66. The van der Waals surface area contributed by atoms with Gasteiger partial charge in [0.25, 0.3) is 0 Å². The summed E-state index contributed by atoms with van der Waals surface area (Å²) in [5, 5.41) is 6.11. The molecule has 1 saturated heterocycles. The molecular weight excluding hydrogens is 263 g/mol. The number of rotatable bonds is 6. The lowest BCUT2D eigenvalue weighted by Crippen LogP contribution is -2.33. The minimum Gasteiger partial charge on any atom is -0.355 e. The first-order chi connectivity index (χ1) is 9.27. The Morgan fingerprint density at radius 3 is 3.05 bits per heavy atom. The van der Waals surface area contributed by atoms with E-state index in [4.69, 9.17) is 0 Å². The van der Waals surface area contributed by atoms with Gasteiger partial charge < -0.3 is 10.6 Å². The van der Waals surface area contributed by atoms with Gasteiger partial charge in [0.05, 0.1) is 5.92 Å². The van der Waals surface area contributed by atoms with E-state index >= 15 is 0 Å². The molecule has 1 aliphatic rings. The van der Waals surface area contributed by atoms with E-state index in [9.17, 15) is 9.18 Å². The van der Waals surface area contributed by atoms with Gasteiger partial charge in [0, 0.05) is 24.6 Å². The van der Waals surface area contributed by atoms with E-state index in [2.05, 4.69) is 10.6 Å². The zero-order chi connectivity index (χ0) is 13.5. The van der Waals surface area contributed by atoms with Crippen LogP contribution in [0.5, 0.6) is 0 Å². The minimum absolute atomic E-state index is 0.122. The van der Waals surface area contributed by atoms with E-state index in [0.717, 1.165) is 30.8 Å². The van der Waals surface area contributed by atoms with Gasteiger partial charge >= 0.3 is 0 Å². The van der Waals surface area contributed by atoms with E-state index < -0.39 is 0 Å². The molecule has 1 heterocycles. The van der Waals surface area contributed by atoms with Gasteiger partial charge in [-0.15, -0.1) is 0 Å². The van der Waals surface area contributed by atoms with Gasteiger partial charge in [0.15, 0.2) is 0 Å². The van der Waals surface area contributed by atoms with Crippen LogP contribution in [0.15, 0.2) is 24.3 Å². The average Bonchev–Trinajstić information content (AvgIpc) is 2.94. The molecule has 2 N–H and O–H groups in total. The molecule has 1 atom stereocenters. The largest absolute Gasteiger partial charge is 0.355 e. The molecule has 2 rings (SSSR count). The lowest BCUT2D eigenvalue weighted by atomic mass is 10.1. The van der Waals surface area contributed by atoms with Crippen molar-refractivity contribution in [3.8, 4) is 0 Å². The molecule has 104 valence electrons. The highest BCUT2D eigenvalue weighted by atomic mass is 32.2. The van der Waals surface area contributed by atoms with Crippen LogP contribution in [-0.2, 0) is 10.5 Å². The third-order valence-electron chi connectivity index (χ3n) is 3.19. The van der Waals surface area contributed by atoms with Crippen molar-refractivity contribution >= 4 is 17.7 Å². The molecular formula is C14H19FN2OS. The molecule has 1 aromatic rings. The highest BCUT2D eigenvalue weighted by Crippen LogP contribution is 2.14. The second kappa shape index (κ2) is 7.50. The molecule has 0 bridgehead atoms. The summed E-state index contributed by atoms with van der Waals surface area (Å²) in [6.07, 6.45) is 0.925. The molecule has 3 nitrogen and oxygen atoms in total. The van der Waals surface area contributed by atoms with E-state index in [1.165, 1.54) is 6.07 Å². The van der Waals surface area contributed by atoms with E-state index in [1.54, 1.807) is 23.9 Å². The molecule has 1 aliphatic heterocycles. The number of thioether (sulfide) groups is 1. The van der Waals surface area contributed by atoms with Gasteiger partial charge in [-0.2, -0.15) is 11.8 Å². The number of benzene rings is 1. The molecule has 19 heavy (non-hydrogen) atoms. The van der Waals surface area contributed by atoms with E-state index in [1.807, 2.05) is 6.07 Å². The van der Waals surface area contributed by atoms with Crippen molar-refractivity contribution in [1.82, 2.24) is 10.6 Å². The van der Waals surface area contributed by atoms with Crippen molar-refractivity contribution in [2.24, 2.45) is 5.92 Å². The van der Waals surface area contributed by atoms with Crippen molar-refractivity contribution < 1.29 is 9.18 Å². The Hall–Kier alpha value is -1.07. The number of halogens is 1. The molecule has 1 unspecified atom stereocenters. The Morgan fingerprint density at radius 1 is 1.47 bits per heavy atom. The van der Waals surface area contributed by atoms with Crippen LogP contribution in [-0.4, -0.2) is 31.3 Å². The first-order valence-corrected chi connectivity index (χ1v) is 7.72. The smallest absolute Gasteiger partial charge is 0.224 e. The van der Waals surface area contributed by atoms with Crippen LogP contribution < -0.4 is 10.6 Å². The predicted octanol–water partition coefficient (Wildman–Crippen LogP) is 1.78. The van der Waals surface area contributed by atoms with Crippen molar-refractivity contribution in [3.63, 3.8) is 0 Å². The highest BCUT2D eigenvalue weighted by molar-refractivity contribution is 7.98. The highest BCUT2D eigenvalue weighted by Gasteiger charge is 2.21. The number of amides is 1. The molecule has 0 radical (unpaired) electrons. The fourth-order valence-electron chi connectivity index (χ4n) is 2.07. The van der Waals surface area contributed by atoms with Gasteiger partial charge in [0.2, 0.25) is 5.91 Å². The number of nitrogens with one attached hydrogen (secondary N) is 2. The van der Waals surface area contributed by atoms with E-state index in [-0.39, 0.29) is 17.6 Å². The second-order valence-corrected chi connectivity index (χ2v) is 5.73. The van der Waals surface area contributed by atoms with Crippen LogP contribution in [0.25, 0.3) is 0 Å².